The van der Waals surface area contributed by atoms with Gasteiger partial charge in [0.25, 0.3) is 0 Å². The zero-order valence-corrected chi connectivity index (χ0v) is 18.0. The van der Waals surface area contributed by atoms with E-state index in [1.807, 2.05) is 0 Å². The summed E-state index contributed by atoms with van der Waals surface area (Å²) in [4.78, 5) is 9.72. The van der Waals surface area contributed by atoms with Crippen LogP contribution in [0.25, 0.3) is 0 Å². The molecule has 0 heterocycles. The summed E-state index contributed by atoms with van der Waals surface area (Å²) in [6.07, 6.45) is -3.20. The van der Waals surface area contributed by atoms with Gasteiger partial charge >= 0.3 is 6.18 Å². The second-order valence-corrected chi connectivity index (χ2v) is 9.96. The maximum Gasteiger partial charge on any atom is 0.418 e. The number of hydrogen-bond donors (Lipinski definition) is 1. The number of halogens is 3. The first-order valence-electron chi connectivity index (χ1n) is 8.97. The van der Waals surface area contributed by atoms with E-state index in [9.17, 15) is 34.8 Å². The summed E-state index contributed by atoms with van der Waals surface area (Å²) < 4.78 is 92.1. The van der Waals surface area contributed by atoms with E-state index in [-0.39, 0.29) is 13.1 Å². The van der Waals surface area contributed by atoms with E-state index in [0.29, 0.717) is 37.8 Å². The van der Waals surface area contributed by atoms with Gasteiger partial charge in [-0.3, -0.25) is 4.79 Å². The summed E-state index contributed by atoms with van der Waals surface area (Å²) in [5, 5.41) is 4.95. The lowest BCUT2D eigenvalue weighted by molar-refractivity contribution is -0.140. The van der Waals surface area contributed by atoms with Crippen LogP contribution in [0.3, 0.4) is 0 Å². The van der Waals surface area contributed by atoms with Crippen molar-refractivity contribution in [3.63, 3.8) is 0 Å². The first-order chi connectivity index (χ1) is 13.2. The molecule has 2 N–H and O–H groups in total. The van der Waals surface area contributed by atoms with Crippen LogP contribution in [-0.2, 0) is 26.2 Å². The van der Waals surface area contributed by atoms with Gasteiger partial charge in [-0.05, 0) is 31.9 Å². The number of benzene rings is 1. The van der Waals surface area contributed by atoms with E-state index >= 15 is 0 Å². The van der Waals surface area contributed by atoms with Gasteiger partial charge in [0.15, 0.2) is 5.78 Å². The summed E-state index contributed by atoms with van der Waals surface area (Å²) in [6, 6.07) is 1.18. The maximum absolute atomic E-state index is 13.9. The van der Waals surface area contributed by atoms with Crippen LogP contribution >= 0.6 is 0 Å². The molecule has 1 aromatic carbocycles. The zero-order chi connectivity index (χ0) is 22.6. The largest absolute Gasteiger partial charge is 0.418 e. The average molecular weight is 459 g/mol. The summed E-state index contributed by atoms with van der Waals surface area (Å²) in [5.74, 6) is -1.26. The molecule has 0 aliphatic rings. The highest BCUT2D eigenvalue weighted by atomic mass is 32.2. The molecule has 0 fully saturated rings. The molecular formula is C17H25F3N2O5S2. The molecule has 29 heavy (non-hydrogen) atoms. The van der Waals surface area contributed by atoms with Crippen molar-refractivity contribution in [2.24, 2.45) is 5.14 Å². The number of primary sulfonamides is 1. The van der Waals surface area contributed by atoms with Crippen LogP contribution in [0.4, 0.5) is 13.2 Å². The number of carbonyl (C=O) groups excluding carboxylic acids is 1. The Morgan fingerprint density at radius 3 is 1.79 bits per heavy atom. The van der Waals surface area contributed by atoms with E-state index in [4.69, 9.17) is 5.14 Å². The highest BCUT2D eigenvalue weighted by Gasteiger charge is 2.44. The molecule has 0 spiro atoms. The predicted molar refractivity (Wildman–Crippen MR) is 101 cm³/mol. The monoisotopic (exact) mass is 458 g/mol. The molecule has 0 aliphatic heterocycles. The minimum Gasteiger partial charge on any atom is -0.294 e. The van der Waals surface area contributed by atoms with Gasteiger partial charge in [-0.2, -0.15) is 17.5 Å². The van der Waals surface area contributed by atoms with Crippen molar-refractivity contribution in [3.05, 3.63) is 23.3 Å². The predicted octanol–water partition coefficient (Wildman–Crippen LogP) is 3.15. The number of nitrogens with two attached hydrogens (primary N) is 1. The Kier molecular flexibility index (Phi) is 8.40. The van der Waals surface area contributed by atoms with Crippen molar-refractivity contribution < 1.29 is 34.8 Å². The maximum atomic E-state index is 13.9. The second kappa shape index (κ2) is 9.54. The van der Waals surface area contributed by atoms with Crippen molar-refractivity contribution >= 4 is 25.8 Å². The summed E-state index contributed by atoms with van der Waals surface area (Å²) in [6.45, 7) is 4.34. The summed E-state index contributed by atoms with van der Waals surface area (Å²) in [7, 11) is -9.35. The fraction of sp³-hybridized carbons (Fsp3) is 0.588. The van der Waals surface area contributed by atoms with Crippen LogP contribution < -0.4 is 5.14 Å². The van der Waals surface area contributed by atoms with Gasteiger partial charge in [0.05, 0.1) is 20.9 Å². The fourth-order valence-electron chi connectivity index (χ4n) is 2.81. The first-order valence-corrected chi connectivity index (χ1v) is 12.0. The zero-order valence-electron chi connectivity index (χ0n) is 16.4. The third kappa shape index (κ3) is 6.00. The molecule has 7 nitrogen and oxygen atoms in total. The summed E-state index contributed by atoms with van der Waals surface area (Å²) in [5.41, 5.74) is -3.08. The standard InChI is InChI=1S/C17H25F3N2O5S2/c1-4-6-10-22(11-7-5-2)29(26,27)14-9-8-13(28(21,24)25)15(12(3)23)16(14)17(18,19)20/h8-9H,4-7,10-11H2,1-3H3,(H2,21,24,25). The minimum atomic E-state index is -5.30. The highest BCUT2D eigenvalue weighted by Crippen LogP contribution is 2.40. The third-order valence-electron chi connectivity index (χ3n) is 4.21. The number of Topliss-reactive ketones (excluding diaryl/α,β-unsaturated/α-hetero) is 1. The molecule has 0 bridgehead atoms. The van der Waals surface area contributed by atoms with Crippen molar-refractivity contribution in [2.45, 2.75) is 62.4 Å². The van der Waals surface area contributed by atoms with Crippen molar-refractivity contribution in [1.29, 1.82) is 0 Å². The van der Waals surface area contributed by atoms with Gasteiger partial charge in [0, 0.05) is 13.1 Å². The normalized spacial score (nSPS) is 13.1. The minimum absolute atomic E-state index is 0.00245. The molecule has 0 saturated heterocycles. The van der Waals surface area contributed by atoms with Gasteiger partial charge < -0.3 is 0 Å². The Labute approximate surface area is 169 Å². The number of carbonyl (C=O) groups is 1. The fourth-order valence-corrected chi connectivity index (χ4v) is 5.33. The van der Waals surface area contributed by atoms with E-state index in [1.54, 1.807) is 13.8 Å². The number of sulfonamides is 2. The molecule has 0 aliphatic carbocycles. The molecule has 0 unspecified atom stereocenters. The van der Waals surface area contributed by atoms with E-state index in [0.717, 1.165) is 11.2 Å². The van der Waals surface area contributed by atoms with Gasteiger partial charge in [0.2, 0.25) is 20.0 Å². The van der Waals surface area contributed by atoms with E-state index < -0.39 is 52.9 Å². The molecule has 0 saturated carbocycles. The number of rotatable bonds is 10. The van der Waals surface area contributed by atoms with E-state index in [2.05, 4.69) is 0 Å². The van der Waals surface area contributed by atoms with E-state index in [1.165, 1.54) is 0 Å². The number of nitrogens with zero attached hydrogens (tertiary/aromatic N) is 1. The molecule has 0 radical (unpaired) electrons. The van der Waals surface area contributed by atoms with Crippen LogP contribution in [0.5, 0.6) is 0 Å². The molecule has 1 rings (SSSR count). The first kappa shape index (κ1) is 25.5. The lowest BCUT2D eigenvalue weighted by Gasteiger charge is -2.25. The van der Waals surface area contributed by atoms with Crippen LogP contribution in [0.15, 0.2) is 21.9 Å². The van der Waals surface area contributed by atoms with Crippen LogP contribution in [0.1, 0.15) is 62.4 Å². The molecular weight excluding hydrogens is 433 g/mol. The Balaban J connectivity index is 3.90. The summed E-state index contributed by atoms with van der Waals surface area (Å²) >= 11 is 0. The smallest absolute Gasteiger partial charge is 0.294 e. The topological polar surface area (TPSA) is 115 Å². The number of hydrogen-bond acceptors (Lipinski definition) is 5. The van der Waals surface area contributed by atoms with Gasteiger partial charge in [-0.25, -0.2) is 22.0 Å². The van der Waals surface area contributed by atoms with Crippen molar-refractivity contribution in [2.75, 3.05) is 13.1 Å². The van der Waals surface area contributed by atoms with Gasteiger partial charge in [-0.15, -0.1) is 0 Å². The van der Waals surface area contributed by atoms with Crippen LogP contribution in [0, 0.1) is 0 Å². The Bertz CT molecular complexity index is 950. The van der Waals surface area contributed by atoms with Crippen LogP contribution in [-0.4, -0.2) is 40.0 Å². The molecule has 0 amide bonds. The molecule has 0 aromatic heterocycles. The second-order valence-electron chi connectivity index (χ2n) is 6.52. The van der Waals surface area contributed by atoms with Crippen molar-refractivity contribution in [3.8, 4) is 0 Å². The third-order valence-corrected chi connectivity index (χ3v) is 7.11. The number of ketones is 1. The Hall–Kier alpha value is -1.50. The SMILES string of the molecule is CCCCN(CCCC)S(=O)(=O)c1ccc(S(N)(=O)=O)c(C(C)=O)c1C(F)(F)F. The van der Waals surface area contributed by atoms with Crippen LogP contribution in [0.2, 0.25) is 0 Å². The Morgan fingerprint density at radius 1 is 1.00 bits per heavy atom. The lowest BCUT2D eigenvalue weighted by Crippen LogP contribution is -2.35. The lowest BCUT2D eigenvalue weighted by atomic mass is 10.0. The molecule has 1 aromatic rings. The quantitative estimate of drug-likeness (QED) is 0.541. The van der Waals surface area contributed by atoms with Gasteiger partial charge in [0.1, 0.15) is 0 Å². The highest BCUT2D eigenvalue weighted by molar-refractivity contribution is 7.89. The molecule has 12 heteroatoms. The molecule has 166 valence electrons. The Morgan fingerprint density at radius 2 is 1.45 bits per heavy atom. The number of alkyl halides is 3. The van der Waals surface area contributed by atoms with Crippen molar-refractivity contribution in [1.82, 2.24) is 4.31 Å². The average Bonchev–Trinajstić information content (AvgIpc) is 2.58. The molecule has 0 atom stereocenters. The van der Waals surface area contributed by atoms with Gasteiger partial charge in [-0.1, -0.05) is 26.7 Å². The number of unbranched alkanes of at least 4 members (excludes halogenated alkanes) is 2.